The van der Waals surface area contributed by atoms with E-state index in [9.17, 15) is 9.90 Å². The summed E-state index contributed by atoms with van der Waals surface area (Å²) in [5.74, 6) is 0.868. The zero-order valence-corrected chi connectivity index (χ0v) is 15.0. The maximum absolute atomic E-state index is 12.9. The van der Waals surface area contributed by atoms with Crippen LogP contribution in [0.1, 0.15) is 35.9 Å². The first-order valence-electron chi connectivity index (χ1n) is 8.66. The molecule has 2 heterocycles. The normalized spacial score (nSPS) is 20.6. The van der Waals surface area contributed by atoms with E-state index in [0.717, 1.165) is 30.0 Å². The van der Waals surface area contributed by atoms with E-state index in [1.54, 1.807) is 11.8 Å². The number of rotatable bonds is 4. The molecule has 1 aliphatic heterocycles. The Hall–Kier alpha value is -2.34. The van der Waals surface area contributed by atoms with Gasteiger partial charge in [0.2, 0.25) is 0 Å². The van der Waals surface area contributed by atoms with Gasteiger partial charge in [-0.15, -0.1) is 0 Å². The van der Waals surface area contributed by atoms with Crippen LogP contribution in [0, 0.1) is 12.8 Å². The second kappa shape index (κ2) is 7.27. The van der Waals surface area contributed by atoms with E-state index in [2.05, 4.69) is 12.0 Å². The Morgan fingerprint density at radius 2 is 2.04 bits per heavy atom. The molecule has 25 heavy (non-hydrogen) atoms. The average molecular weight is 343 g/mol. The van der Waals surface area contributed by atoms with Crippen molar-refractivity contribution in [3.05, 3.63) is 41.7 Å². The van der Waals surface area contributed by atoms with Crippen LogP contribution in [0.4, 0.5) is 0 Å². The lowest BCUT2D eigenvalue weighted by molar-refractivity contribution is 0.0483. The molecule has 1 aromatic heterocycles. The SMILES string of the molecule is COc1ccc(-n2nc(C(=O)N3CC(CO)CCC3C)cc2C)cc1. The Balaban J connectivity index is 1.84. The van der Waals surface area contributed by atoms with Crippen molar-refractivity contribution in [2.24, 2.45) is 5.92 Å². The highest BCUT2D eigenvalue weighted by Gasteiger charge is 2.30. The summed E-state index contributed by atoms with van der Waals surface area (Å²) < 4.78 is 6.95. The zero-order chi connectivity index (χ0) is 18.0. The summed E-state index contributed by atoms with van der Waals surface area (Å²) in [6, 6.07) is 9.56. The molecule has 0 bridgehead atoms. The van der Waals surface area contributed by atoms with Crippen LogP contribution in [-0.4, -0.2) is 52.0 Å². The summed E-state index contributed by atoms with van der Waals surface area (Å²) in [5, 5.41) is 13.9. The number of piperidine rings is 1. The molecule has 134 valence electrons. The van der Waals surface area contributed by atoms with Gasteiger partial charge in [0.15, 0.2) is 5.69 Å². The highest BCUT2D eigenvalue weighted by molar-refractivity contribution is 5.92. The monoisotopic (exact) mass is 343 g/mol. The van der Waals surface area contributed by atoms with E-state index in [-0.39, 0.29) is 24.5 Å². The largest absolute Gasteiger partial charge is 0.497 e. The van der Waals surface area contributed by atoms with Crippen LogP contribution >= 0.6 is 0 Å². The third-order valence-electron chi connectivity index (χ3n) is 4.92. The fourth-order valence-electron chi connectivity index (χ4n) is 3.33. The van der Waals surface area contributed by atoms with Crippen LogP contribution < -0.4 is 4.74 Å². The minimum absolute atomic E-state index is 0.0685. The molecule has 0 spiro atoms. The lowest BCUT2D eigenvalue weighted by atomic mass is 9.94. The molecular weight excluding hydrogens is 318 g/mol. The summed E-state index contributed by atoms with van der Waals surface area (Å²) >= 11 is 0. The van der Waals surface area contributed by atoms with Gasteiger partial charge in [-0.2, -0.15) is 5.10 Å². The van der Waals surface area contributed by atoms with Crippen molar-refractivity contribution in [2.45, 2.75) is 32.7 Å². The van der Waals surface area contributed by atoms with Gasteiger partial charge in [0, 0.05) is 24.9 Å². The van der Waals surface area contributed by atoms with Crippen molar-refractivity contribution in [3.63, 3.8) is 0 Å². The number of aliphatic hydroxyl groups is 1. The fraction of sp³-hybridized carbons (Fsp3) is 0.474. The van der Waals surface area contributed by atoms with Gasteiger partial charge in [-0.3, -0.25) is 4.79 Å². The Bertz CT molecular complexity index is 739. The minimum atomic E-state index is -0.0685. The summed E-state index contributed by atoms with van der Waals surface area (Å²) in [6.07, 6.45) is 1.87. The summed E-state index contributed by atoms with van der Waals surface area (Å²) in [4.78, 5) is 14.8. The van der Waals surface area contributed by atoms with Gasteiger partial charge in [-0.05, 0) is 62.9 Å². The van der Waals surface area contributed by atoms with Crippen molar-refractivity contribution in [1.82, 2.24) is 14.7 Å². The molecule has 6 nitrogen and oxygen atoms in total. The first-order chi connectivity index (χ1) is 12.0. The maximum Gasteiger partial charge on any atom is 0.274 e. The lowest BCUT2D eigenvalue weighted by Gasteiger charge is -2.37. The molecule has 0 aliphatic carbocycles. The number of hydrogen-bond donors (Lipinski definition) is 1. The summed E-state index contributed by atoms with van der Waals surface area (Å²) in [6.45, 7) is 4.70. The highest BCUT2D eigenvalue weighted by Crippen LogP contribution is 2.24. The van der Waals surface area contributed by atoms with E-state index >= 15 is 0 Å². The molecular formula is C19H25N3O3. The standard InChI is InChI=1S/C19H25N3O3/c1-13-4-5-15(12-23)11-21(13)19(24)18-10-14(2)22(20-18)16-6-8-17(25-3)9-7-16/h6-10,13,15,23H,4-5,11-12H2,1-3H3. The number of amides is 1. The molecule has 1 amide bonds. The number of benzene rings is 1. The number of carbonyl (C=O) groups is 1. The Kier molecular flexibility index (Phi) is 5.08. The van der Waals surface area contributed by atoms with Crippen LogP contribution in [0.2, 0.25) is 0 Å². The fourth-order valence-corrected chi connectivity index (χ4v) is 3.33. The predicted molar refractivity (Wildman–Crippen MR) is 95.2 cm³/mol. The molecule has 1 saturated heterocycles. The summed E-state index contributed by atoms with van der Waals surface area (Å²) in [7, 11) is 1.63. The zero-order valence-electron chi connectivity index (χ0n) is 15.0. The molecule has 1 aliphatic rings. The van der Waals surface area contributed by atoms with E-state index in [4.69, 9.17) is 4.74 Å². The van der Waals surface area contributed by atoms with E-state index in [1.165, 1.54) is 0 Å². The number of methoxy groups -OCH3 is 1. The molecule has 2 atom stereocenters. The van der Waals surface area contributed by atoms with Gasteiger partial charge in [-0.1, -0.05) is 0 Å². The van der Waals surface area contributed by atoms with Gasteiger partial charge in [0.1, 0.15) is 5.75 Å². The van der Waals surface area contributed by atoms with Gasteiger partial charge in [-0.25, -0.2) is 4.68 Å². The van der Waals surface area contributed by atoms with E-state index < -0.39 is 0 Å². The number of ether oxygens (including phenoxy) is 1. The number of aryl methyl sites for hydroxylation is 1. The van der Waals surface area contributed by atoms with Crippen LogP contribution in [0.25, 0.3) is 5.69 Å². The van der Waals surface area contributed by atoms with Gasteiger partial charge >= 0.3 is 0 Å². The second-order valence-corrected chi connectivity index (χ2v) is 6.71. The molecule has 1 N–H and O–H groups in total. The smallest absolute Gasteiger partial charge is 0.274 e. The summed E-state index contributed by atoms with van der Waals surface area (Å²) in [5.41, 5.74) is 2.23. The van der Waals surface area contributed by atoms with E-state index in [1.807, 2.05) is 42.2 Å². The average Bonchev–Trinajstić information content (AvgIpc) is 3.03. The van der Waals surface area contributed by atoms with Gasteiger partial charge in [0.25, 0.3) is 5.91 Å². The molecule has 2 aromatic rings. The Morgan fingerprint density at radius 1 is 1.32 bits per heavy atom. The third-order valence-corrected chi connectivity index (χ3v) is 4.92. The number of carbonyl (C=O) groups excluding carboxylic acids is 1. The van der Waals surface area contributed by atoms with Crippen LogP contribution in [-0.2, 0) is 0 Å². The Labute approximate surface area is 148 Å². The number of aromatic nitrogens is 2. The number of aliphatic hydroxyl groups excluding tert-OH is 1. The van der Waals surface area contributed by atoms with Crippen molar-refractivity contribution >= 4 is 5.91 Å². The maximum atomic E-state index is 12.9. The molecule has 1 fully saturated rings. The predicted octanol–water partition coefficient (Wildman–Crippen LogP) is 2.42. The molecule has 0 radical (unpaired) electrons. The van der Waals surface area contributed by atoms with Gasteiger partial charge < -0.3 is 14.7 Å². The Morgan fingerprint density at radius 3 is 2.68 bits per heavy atom. The quantitative estimate of drug-likeness (QED) is 0.926. The minimum Gasteiger partial charge on any atom is -0.497 e. The molecule has 3 rings (SSSR count). The number of nitrogens with zero attached hydrogens (tertiary/aromatic N) is 3. The second-order valence-electron chi connectivity index (χ2n) is 6.71. The van der Waals surface area contributed by atoms with Crippen molar-refractivity contribution < 1.29 is 14.6 Å². The molecule has 1 aromatic carbocycles. The van der Waals surface area contributed by atoms with Crippen molar-refractivity contribution in [2.75, 3.05) is 20.3 Å². The molecule has 2 unspecified atom stereocenters. The first-order valence-corrected chi connectivity index (χ1v) is 8.66. The third kappa shape index (κ3) is 3.54. The van der Waals surface area contributed by atoms with Crippen molar-refractivity contribution in [3.8, 4) is 11.4 Å². The highest BCUT2D eigenvalue weighted by atomic mass is 16.5. The first kappa shape index (κ1) is 17.5. The number of likely N-dealkylation sites (tertiary alicyclic amines) is 1. The van der Waals surface area contributed by atoms with Crippen molar-refractivity contribution in [1.29, 1.82) is 0 Å². The topological polar surface area (TPSA) is 67.6 Å². The van der Waals surface area contributed by atoms with Crippen LogP contribution in [0.15, 0.2) is 30.3 Å². The van der Waals surface area contributed by atoms with Gasteiger partial charge in [0.05, 0.1) is 12.8 Å². The number of hydrogen-bond acceptors (Lipinski definition) is 4. The lowest BCUT2D eigenvalue weighted by Crippen LogP contribution is -2.46. The van der Waals surface area contributed by atoms with Crippen LogP contribution in [0.3, 0.4) is 0 Å². The molecule has 0 saturated carbocycles. The van der Waals surface area contributed by atoms with Crippen LogP contribution in [0.5, 0.6) is 5.75 Å². The van der Waals surface area contributed by atoms with E-state index in [0.29, 0.717) is 12.2 Å². The molecule has 6 heteroatoms.